The smallest absolute Gasteiger partial charge is 0.0212 e. The second-order valence-corrected chi connectivity index (χ2v) is 7.62. The highest BCUT2D eigenvalue weighted by molar-refractivity contribution is 5.82. The molecule has 2 aromatic carbocycles. The van der Waals surface area contributed by atoms with Crippen molar-refractivity contribution in [3.8, 4) is 11.1 Å². The standard InChI is InChI=1S/C24H29/c1-2-4-6-8-12-19-16-22-17-21-14-10-11-15-23(21)24(22)18-20(19)13-9-7-5-3-1/h10-11,14-18H,1-9,12-13H2. The zero-order valence-electron chi connectivity index (χ0n) is 14.8. The quantitative estimate of drug-likeness (QED) is 0.424. The van der Waals surface area contributed by atoms with Crippen LogP contribution in [0.4, 0.5) is 0 Å². The number of benzene rings is 2. The van der Waals surface area contributed by atoms with Crippen molar-refractivity contribution in [3.63, 3.8) is 0 Å². The maximum atomic E-state index is 2.52. The van der Waals surface area contributed by atoms with Crippen molar-refractivity contribution in [1.29, 1.82) is 0 Å². The molecule has 0 saturated heterocycles. The van der Waals surface area contributed by atoms with Gasteiger partial charge in [0.2, 0.25) is 0 Å². The van der Waals surface area contributed by atoms with Gasteiger partial charge in [-0.25, -0.2) is 0 Å². The van der Waals surface area contributed by atoms with Gasteiger partial charge in [0.15, 0.2) is 0 Å². The Balaban J connectivity index is 1.62. The molecule has 2 aliphatic rings. The molecule has 0 N–H and O–H groups in total. The van der Waals surface area contributed by atoms with Gasteiger partial charge in [-0.15, -0.1) is 0 Å². The van der Waals surface area contributed by atoms with Crippen LogP contribution in [-0.2, 0) is 12.8 Å². The van der Waals surface area contributed by atoms with Gasteiger partial charge in [0.25, 0.3) is 0 Å². The van der Waals surface area contributed by atoms with E-state index in [9.17, 15) is 0 Å². The molecule has 1 radical (unpaired) electrons. The zero-order valence-corrected chi connectivity index (χ0v) is 14.8. The van der Waals surface area contributed by atoms with Crippen LogP contribution in [0, 0.1) is 6.42 Å². The van der Waals surface area contributed by atoms with E-state index in [1.165, 1.54) is 92.9 Å². The summed E-state index contributed by atoms with van der Waals surface area (Å²) in [6.07, 6.45) is 17.6. The second kappa shape index (κ2) is 7.55. The van der Waals surface area contributed by atoms with E-state index < -0.39 is 0 Å². The minimum Gasteiger partial charge on any atom is -0.0619 e. The lowest BCUT2D eigenvalue weighted by Crippen LogP contribution is -1.98. The fourth-order valence-electron chi connectivity index (χ4n) is 4.43. The summed E-state index contributed by atoms with van der Waals surface area (Å²) >= 11 is 0. The molecule has 0 fully saturated rings. The van der Waals surface area contributed by atoms with Gasteiger partial charge in [0.05, 0.1) is 0 Å². The Labute approximate surface area is 147 Å². The monoisotopic (exact) mass is 317 g/mol. The van der Waals surface area contributed by atoms with Crippen molar-refractivity contribution in [1.82, 2.24) is 0 Å². The van der Waals surface area contributed by atoms with Crippen molar-refractivity contribution >= 4 is 0 Å². The summed E-state index contributed by atoms with van der Waals surface area (Å²) in [7, 11) is 0. The molecule has 2 aromatic rings. The van der Waals surface area contributed by atoms with Crippen LogP contribution in [0.3, 0.4) is 0 Å². The Bertz CT molecular complexity index is 695. The molecule has 0 aliphatic heterocycles. The fourth-order valence-corrected chi connectivity index (χ4v) is 4.43. The summed E-state index contributed by atoms with van der Waals surface area (Å²) in [5.41, 5.74) is 8.98. The number of rotatable bonds is 0. The SMILES string of the molecule is [CH]1c2ccccc2-c2cc3c(cc21)CCCCCCCCCCC3. The molecule has 0 atom stereocenters. The van der Waals surface area contributed by atoms with Crippen LogP contribution >= 0.6 is 0 Å². The molecule has 0 nitrogen and oxygen atoms in total. The molecule has 0 amide bonds. The summed E-state index contributed by atoms with van der Waals surface area (Å²) in [5, 5.41) is 0. The molecule has 0 saturated carbocycles. The average molecular weight is 317 g/mol. The Hall–Kier alpha value is -1.56. The number of fused-ring (bicyclic) bond motifs is 4. The van der Waals surface area contributed by atoms with Gasteiger partial charge in [-0.2, -0.15) is 0 Å². The molecule has 0 bridgehead atoms. The predicted octanol–water partition coefficient (Wildman–Crippen LogP) is 6.88. The lowest BCUT2D eigenvalue weighted by atomic mass is 9.92. The van der Waals surface area contributed by atoms with Crippen LogP contribution in [0.1, 0.15) is 80.0 Å². The molecular weight excluding hydrogens is 288 g/mol. The molecule has 4 rings (SSSR count). The lowest BCUT2D eigenvalue weighted by Gasteiger charge is -2.13. The van der Waals surface area contributed by atoms with Gasteiger partial charge in [-0.1, -0.05) is 81.3 Å². The molecule has 0 unspecified atom stereocenters. The van der Waals surface area contributed by atoms with Gasteiger partial charge >= 0.3 is 0 Å². The number of aryl methyl sites for hydroxylation is 2. The molecule has 125 valence electrons. The van der Waals surface area contributed by atoms with Gasteiger partial charge in [0.1, 0.15) is 0 Å². The zero-order chi connectivity index (χ0) is 16.2. The van der Waals surface area contributed by atoms with E-state index in [0.717, 1.165) is 0 Å². The van der Waals surface area contributed by atoms with E-state index in [-0.39, 0.29) is 0 Å². The Morgan fingerprint density at radius 2 is 1.08 bits per heavy atom. The predicted molar refractivity (Wildman–Crippen MR) is 103 cm³/mol. The highest BCUT2D eigenvalue weighted by Gasteiger charge is 2.20. The van der Waals surface area contributed by atoms with E-state index in [1.54, 1.807) is 11.1 Å². The van der Waals surface area contributed by atoms with Crippen LogP contribution in [-0.4, -0.2) is 0 Å². The first-order chi connectivity index (χ1) is 11.9. The van der Waals surface area contributed by atoms with Crippen LogP contribution in [0.2, 0.25) is 0 Å². The van der Waals surface area contributed by atoms with Crippen LogP contribution < -0.4 is 0 Å². The fraction of sp³-hybridized carbons (Fsp3) is 0.458. The van der Waals surface area contributed by atoms with Crippen molar-refractivity contribution in [2.45, 2.75) is 70.6 Å². The topological polar surface area (TPSA) is 0 Å². The maximum Gasteiger partial charge on any atom is 0.0212 e. The Morgan fingerprint density at radius 3 is 1.79 bits per heavy atom. The normalized spacial score (nSPS) is 18.5. The first-order valence-corrected chi connectivity index (χ1v) is 10.0. The first kappa shape index (κ1) is 15.9. The number of hydrogen-bond acceptors (Lipinski definition) is 0. The molecular formula is C24H29. The molecule has 0 aromatic heterocycles. The maximum absolute atomic E-state index is 2.52. The molecule has 0 heterocycles. The van der Waals surface area contributed by atoms with Crippen molar-refractivity contribution in [3.05, 3.63) is 65.1 Å². The third-order valence-electron chi connectivity index (χ3n) is 5.83. The van der Waals surface area contributed by atoms with Crippen LogP contribution in [0.5, 0.6) is 0 Å². The molecule has 24 heavy (non-hydrogen) atoms. The van der Waals surface area contributed by atoms with Gasteiger partial charge in [-0.05, 0) is 59.1 Å². The highest BCUT2D eigenvalue weighted by Crippen LogP contribution is 2.39. The summed E-state index contributed by atoms with van der Waals surface area (Å²) in [6, 6.07) is 13.9. The molecule has 0 heteroatoms. The minimum absolute atomic E-state index is 1.27. The first-order valence-electron chi connectivity index (χ1n) is 10.0. The van der Waals surface area contributed by atoms with Crippen molar-refractivity contribution in [2.24, 2.45) is 0 Å². The van der Waals surface area contributed by atoms with Crippen LogP contribution in [0.25, 0.3) is 11.1 Å². The average Bonchev–Trinajstić information content (AvgIpc) is 2.97. The summed E-state index contributed by atoms with van der Waals surface area (Å²) in [4.78, 5) is 0. The molecule has 2 aliphatic carbocycles. The van der Waals surface area contributed by atoms with Gasteiger partial charge in [0, 0.05) is 6.42 Å². The largest absolute Gasteiger partial charge is 0.0619 e. The van der Waals surface area contributed by atoms with E-state index in [2.05, 4.69) is 42.8 Å². The van der Waals surface area contributed by atoms with E-state index >= 15 is 0 Å². The van der Waals surface area contributed by atoms with Gasteiger partial charge in [-0.3, -0.25) is 0 Å². The second-order valence-electron chi connectivity index (χ2n) is 7.62. The van der Waals surface area contributed by atoms with Crippen LogP contribution in [0.15, 0.2) is 36.4 Å². The Kier molecular flexibility index (Phi) is 5.02. The highest BCUT2D eigenvalue weighted by atomic mass is 14.2. The van der Waals surface area contributed by atoms with Crippen molar-refractivity contribution < 1.29 is 0 Å². The summed E-state index contributed by atoms with van der Waals surface area (Å²) in [6.45, 7) is 0. The van der Waals surface area contributed by atoms with Crippen molar-refractivity contribution in [2.75, 3.05) is 0 Å². The minimum atomic E-state index is 1.27. The third kappa shape index (κ3) is 3.43. The van der Waals surface area contributed by atoms with E-state index in [1.807, 2.05) is 0 Å². The lowest BCUT2D eigenvalue weighted by molar-refractivity contribution is 0.564. The van der Waals surface area contributed by atoms with E-state index in [4.69, 9.17) is 0 Å². The summed E-state index contributed by atoms with van der Waals surface area (Å²) < 4.78 is 0. The Morgan fingerprint density at radius 1 is 0.500 bits per heavy atom. The molecule has 0 spiro atoms. The van der Waals surface area contributed by atoms with E-state index in [0.29, 0.717) is 0 Å². The third-order valence-corrected chi connectivity index (χ3v) is 5.83. The summed E-state index contributed by atoms with van der Waals surface area (Å²) in [5.74, 6) is 0. The number of hydrogen-bond donors (Lipinski definition) is 0. The van der Waals surface area contributed by atoms with Gasteiger partial charge < -0.3 is 0 Å².